The van der Waals surface area contributed by atoms with Gasteiger partial charge in [-0.2, -0.15) is 0 Å². The summed E-state index contributed by atoms with van der Waals surface area (Å²) in [5.74, 6) is -1.30. The lowest BCUT2D eigenvalue weighted by atomic mass is 9.98. The van der Waals surface area contributed by atoms with Gasteiger partial charge >= 0.3 is 18.2 Å². The van der Waals surface area contributed by atoms with Crippen LogP contribution < -0.4 is 10.6 Å². The van der Waals surface area contributed by atoms with Gasteiger partial charge in [0.25, 0.3) is 0 Å². The van der Waals surface area contributed by atoms with Crippen LogP contribution in [-0.4, -0.2) is 57.6 Å². The fourth-order valence-electron chi connectivity index (χ4n) is 5.48. The van der Waals surface area contributed by atoms with Crippen molar-refractivity contribution in [3.8, 4) is 11.1 Å². The van der Waals surface area contributed by atoms with Crippen LogP contribution >= 0.6 is 0 Å². The topological polar surface area (TPSA) is 132 Å². The molecule has 0 aliphatic heterocycles. The lowest BCUT2D eigenvalue weighted by molar-refractivity contribution is -0.139. The van der Waals surface area contributed by atoms with E-state index in [-0.39, 0.29) is 18.9 Å². The van der Waals surface area contributed by atoms with Gasteiger partial charge in [-0.15, -0.1) is 0 Å². The molecule has 3 N–H and O–H groups in total. The van der Waals surface area contributed by atoms with E-state index in [9.17, 15) is 19.5 Å². The molecule has 2 heterocycles. The van der Waals surface area contributed by atoms with Crippen LogP contribution in [0.5, 0.6) is 0 Å². The lowest BCUT2D eigenvalue weighted by Gasteiger charge is -2.19. The molecule has 0 fully saturated rings. The minimum absolute atomic E-state index is 0.0465. The van der Waals surface area contributed by atoms with Gasteiger partial charge in [-0.05, 0) is 67.1 Å². The number of carboxylic acids is 1. The number of carbonyl (C=O) groups excluding carboxylic acids is 2. The van der Waals surface area contributed by atoms with E-state index in [1.54, 1.807) is 33.0 Å². The van der Waals surface area contributed by atoms with E-state index in [1.807, 2.05) is 53.2 Å². The van der Waals surface area contributed by atoms with Crippen molar-refractivity contribution in [1.29, 1.82) is 0 Å². The third-order valence-electron chi connectivity index (χ3n) is 7.32. The summed E-state index contributed by atoms with van der Waals surface area (Å²) < 4.78 is 12.8. The molecular weight excluding hydrogens is 548 g/mol. The van der Waals surface area contributed by atoms with E-state index in [0.29, 0.717) is 25.2 Å². The molecule has 0 spiro atoms. The number of ether oxygens (including phenoxy) is 2. The molecule has 0 saturated carbocycles. The van der Waals surface area contributed by atoms with Crippen LogP contribution in [0.3, 0.4) is 0 Å². The van der Waals surface area contributed by atoms with Crippen LogP contribution in [0.2, 0.25) is 0 Å². The summed E-state index contributed by atoms with van der Waals surface area (Å²) in [7, 11) is 0. The minimum atomic E-state index is -1.20. The number of pyridine rings is 1. The fraction of sp³-hybridized carbons (Fsp3) is 0.333. The number of aromatic nitrogens is 2. The number of nitrogens with zero attached hydrogens (tertiary/aromatic N) is 2. The average Bonchev–Trinajstić information content (AvgIpc) is 3.48. The molecule has 0 radical (unpaired) electrons. The molecule has 0 saturated heterocycles. The molecule has 1 aliphatic carbocycles. The Balaban J connectivity index is 1.22. The van der Waals surface area contributed by atoms with E-state index in [0.717, 1.165) is 33.2 Å². The zero-order valence-electron chi connectivity index (χ0n) is 24.5. The SMILES string of the molecule is CC(C)(C)OC(=O)NCCCn1cc(C[C@H](NC(=O)OCC2c3ccccc3-c3ccccc32)C(=O)O)c2cccnc21. The van der Waals surface area contributed by atoms with E-state index >= 15 is 0 Å². The van der Waals surface area contributed by atoms with Gasteiger partial charge in [0.1, 0.15) is 23.9 Å². The van der Waals surface area contributed by atoms with Crippen LogP contribution in [0.4, 0.5) is 9.59 Å². The molecule has 224 valence electrons. The Morgan fingerprint density at radius 1 is 0.977 bits per heavy atom. The van der Waals surface area contributed by atoms with Crippen molar-refractivity contribution < 1.29 is 29.0 Å². The second-order valence-electron chi connectivity index (χ2n) is 11.6. The number of benzene rings is 2. The number of carbonyl (C=O) groups is 3. The highest BCUT2D eigenvalue weighted by Gasteiger charge is 2.30. The van der Waals surface area contributed by atoms with Crippen molar-refractivity contribution in [3.05, 3.63) is 89.7 Å². The maximum absolute atomic E-state index is 12.9. The van der Waals surface area contributed by atoms with Gasteiger partial charge in [0.05, 0.1) is 0 Å². The minimum Gasteiger partial charge on any atom is -0.480 e. The molecule has 1 atom stereocenters. The summed E-state index contributed by atoms with van der Waals surface area (Å²) in [6.45, 7) is 6.45. The molecule has 5 rings (SSSR count). The van der Waals surface area contributed by atoms with Crippen LogP contribution in [0.15, 0.2) is 73.1 Å². The predicted octanol–water partition coefficient (Wildman–Crippen LogP) is 5.49. The Hall–Kier alpha value is -4.86. The molecule has 43 heavy (non-hydrogen) atoms. The first kappa shape index (κ1) is 29.6. The number of rotatable bonds is 10. The average molecular weight is 585 g/mol. The molecule has 10 nitrogen and oxygen atoms in total. The van der Waals surface area contributed by atoms with Crippen LogP contribution in [0.1, 0.15) is 49.8 Å². The molecule has 2 aromatic carbocycles. The zero-order chi connectivity index (χ0) is 30.6. The lowest BCUT2D eigenvalue weighted by Crippen LogP contribution is -2.42. The highest BCUT2D eigenvalue weighted by atomic mass is 16.6. The third kappa shape index (κ3) is 6.97. The molecule has 2 amide bonds. The van der Waals surface area contributed by atoms with Gasteiger partial charge < -0.3 is 29.8 Å². The Morgan fingerprint density at radius 3 is 2.30 bits per heavy atom. The maximum atomic E-state index is 12.9. The number of amides is 2. The van der Waals surface area contributed by atoms with Crippen molar-refractivity contribution >= 4 is 29.2 Å². The van der Waals surface area contributed by atoms with Crippen LogP contribution in [-0.2, 0) is 27.2 Å². The third-order valence-corrected chi connectivity index (χ3v) is 7.32. The van der Waals surface area contributed by atoms with Crippen molar-refractivity contribution in [2.24, 2.45) is 0 Å². The summed E-state index contributed by atoms with van der Waals surface area (Å²) in [6.07, 6.45) is 2.91. The number of aryl methyl sites for hydroxylation is 1. The summed E-state index contributed by atoms with van der Waals surface area (Å²) in [5.41, 5.74) is 5.23. The number of fused-ring (bicyclic) bond motifs is 4. The van der Waals surface area contributed by atoms with Crippen molar-refractivity contribution in [2.75, 3.05) is 13.2 Å². The van der Waals surface area contributed by atoms with E-state index in [2.05, 4.69) is 27.8 Å². The van der Waals surface area contributed by atoms with Gasteiger partial charge in [0.15, 0.2) is 0 Å². The summed E-state index contributed by atoms with van der Waals surface area (Å²) in [4.78, 5) is 41.5. The second kappa shape index (κ2) is 12.6. The number of hydrogen-bond donors (Lipinski definition) is 3. The molecular formula is C33H36N4O6. The summed E-state index contributed by atoms with van der Waals surface area (Å²) in [6, 6.07) is 18.5. The van der Waals surface area contributed by atoms with Gasteiger partial charge in [-0.3, -0.25) is 0 Å². The highest BCUT2D eigenvalue weighted by Crippen LogP contribution is 2.44. The molecule has 4 aromatic rings. The molecule has 1 aliphatic rings. The quantitative estimate of drug-likeness (QED) is 0.210. The fourth-order valence-corrected chi connectivity index (χ4v) is 5.48. The van der Waals surface area contributed by atoms with E-state index in [1.165, 1.54) is 0 Å². The summed E-state index contributed by atoms with van der Waals surface area (Å²) in [5, 5.41) is 16.0. The number of carboxylic acid groups (broad SMARTS) is 1. The van der Waals surface area contributed by atoms with Crippen LogP contribution in [0, 0.1) is 0 Å². The predicted molar refractivity (Wildman–Crippen MR) is 162 cm³/mol. The molecule has 10 heteroatoms. The molecule has 0 bridgehead atoms. The number of alkyl carbamates (subject to hydrolysis) is 2. The standard InChI is InChI=1S/C33H36N4O6/c1-33(2,3)43-31(40)35-16-9-17-37-19-21(22-14-8-15-34-29(22)37)18-28(30(38)39)36-32(41)42-20-27-25-12-6-4-10-23(25)24-11-5-7-13-26(24)27/h4-8,10-15,19,27-28H,9,16-18,20H2,1-3H3,(H,35,40)(H,36,41)(H,38,39)/t28-/m0/s1. The van der Waals surface area contributed by atoms with Crippen molar-refractivity contribution in [2.45, 2.75) is 57.7 Å². The first-order valence-corrected chi connectivity index (χ1v) is 14.3. The van der Waals surface area contributed by atoms with Crippen LogP contribution in [0.25, 0.3) is 22.2 Å². The van der Waals surface area contributed by atoms with E-state index in [4.69, 9.17) is 9.47 Å². The largest absolute Gasteiger partial charge is 0.480 e. The first-order valence-electron chi connectivity index (χ1n) is 14.3. The Labute approximate surface area is 250 Å². The van der Waals surface area contributed by atoms with E-state index < -0.39 is 29.8 Å². The van der Waals surface area contributed by atoms with Gasteiger partial charge in [-0.25, -0.2) is 19.4 Å². The number of hydrogen-bond acceptors (Lipinski definition) is 6. The summed E-state index contributed by atoms with van der Waals surface area (Å²) >= 11 is 0. The molecule has 2 aromatic heterocycles. The first-order chi connectivity index (χ1) is 20.6. The Morgan fingerprint density at radius 2 is 1.65 bits per heavy atom. The normalized spacial score (nSPS) is 13.2. The zero-order valence-corrected chi connectivity index (χ0v) is 24.5. The number of aliphatic carboxylic acids is 1. The van der Waals surface area contributed by atoms with Crippen molar-refractivity contribution in [3.63, 3.8) is 0 Å². The van der Waals surface area contributed by atoms with Gasteiger partial charge in [0.2, 0.25) is 0 Å². The Kier molecular flexibility index (Phi) is 8.66. The molecule has 0 unspecified atom stereocenters. The Bertz CT molecular complexity index is 1590. The van der Waals surface area contributed by atoms with Crippen molar-refractivity contribution in [1.82, 2.24) is 20.2 Å². The van der Waals surface area contributed by atoms with Gasteiger partial charge in [-0.1, -0.05) is 48.5 Å². The monoisotopic (exact) mass is 584 g/mol. The smallest absolute Gasteiger partial charge is 0.407 e. The second-order valence-corrected chi connectivity index (χ2v) is 11.6. The maximum Gasteiger partial charge on any atom is 0.407 e. The highest BCUT2D eigenvalue weighted by molar-refractivity contribution is 5.84. The van der Waals surface area contributed by atoms with Gasteiger partial charge in [0, 0.05) is 43.2 Å². The number of nitrogens with one attached hydrogen (secondary N) is 2.